The molecule has 2 heterocycles. The zero-order valence-corrected chi connectivity index (χ0v) is 16.6. The molecule has 0 saturated carbocycles. The number of rotatable bonds is 6. The topological polar surface area (TPSA) is 78.3 Å². The van der Waals surface area contributed by atoms with Crippen molar-refractivity contribution in [3.05, 3.63) is 83.3 Å². The second kappa shape index (κ2) is 8.08. The predicted molar refractivity (Wildman–Crippen MR) is 118 cm³/mol. The van der Waals surface area contributed by atoms with E-state index < -0.39 is 0 Å². The highest BCUT2D eigenvalue weighted by Crippen LogP contribution is 2.27. The first-order valence-corrected chi connectivity index (χ1v) is 9.24. The summed E-state index contributed by atoms with van der Waals surface area (Å²) in [4.78, 5) is 22.0. The zero-order chi connectivity index (χ0) is 21.1. The minimum atomic E-state index is -0.229. The van der Waals surface area contributed by atoms with E-state index >= 15 is 0 Å². The summed E-state index contributed by atoms with van der Waals surface area (Å²) in [7, 11) is 3.18. The maximum Gasteiger partial charge on any atom is 0.257 e. The summed E-state index contributed by atoms with van der Waals surface area (Å²) in [5.41, 5.74) is 2.25. The number of benzene rings is 2. The van der Waals surface area contributed by atoms with Crippen molar-refractivity contribution in [2.24, 2.45) is 0 Å². The first-order chi connectivity index (χ1) is 14.6. The van der Waals surface area contributed by atoms with Gasteiger partial charge in [0.2, 0.25) is 5.95 Å². The van der Waals surface area contributed by atoms with Crippen molar-refractivity contribution in [3.8, 4) is 17.2 Å². The Labute approximate surface area is 173 Å². The van der Waals surface area contributed by atoms with Gasteiger partial charge in [-0.25, -0.2) is 4.98 Å². The minimum Gasteiger partial charge on any atom is -0.497 e. The van der Waals surface area contributed by atoms with Gasteiger partial charge in [-0.1, -0.05) is 30.9 Å². The first kappa shape index (κ1) is 19.2. The molecular formula is C23H20N4O3. The Morgan fingerprint density at radius 1 is 1.07 bits per heavy atom. The molecule has 0 radical (unpaired) electrons. The molecule has 1 N–H and O–H groups in total. The predicted octanol–water partition coefficient (Wildman–Crippen LogP) is 4.18. The van der Waals surface area contributed by atoms with Crippen LogP contribution in [0, 0.1) is 0 Å². The molecule has 0 unspecified atom stereocenters. The van der Waals surface area contributed by atoms with E-state index in [2.05, 4.69) is 21.9 Å². The van der Waals surface area contributed by atoms with Crippen molar-refractivity contribution in [1.29, 1.82) is 0 Å². The van der Waals surface area contributed by atoms with Crippen LogP contribution in [0.2, 0.25) is 0 Å². The SMILES string of the molecule is C=Cc1cc(=O)n(-c2cccc(OC)c2)c2nc(Nc3ccccc3OC)ncc12. The lowest BCUT2D eigenvalue weighted by Gasteiger charge is -2.14. The quantitative estimate of drug-likeness (QED) is 0.523. The van der Waals surface area contributed by atoms with Gasteiger partial charge in [0, 0.05) is 23.7 Å². The Bertz CT molecular complexity index is 1300. The summed E-state index contributed by atoms with van der Waals surface area (Å²) in [6, 6.07) is 16.2. The van der Waals surface area contributed by atoms with Gasteiger partial charge < -0.3 is 14.8 Å². The summed E-state index contributed by atoms with van der Waals surface area (Å²) in [6.45, 7) is 3.81. The molecule has 0 amide bonds. The Balaban J connectivity index is 1.93. The van der Waals surface area contributed by atoms with Gasteiger partial charge in [-0.15, -0.1) is 0 Å². The van der Waals surface area contributed by atoms with Crippen molar-refractivity contribution in [2.75, 3.05) is 19.5 Å². The molecule has 2 aromatic carbocycles. The number of pyridine rings is 1. The molecule has 0 aliphatic rings. The van der Waals surface area contributed by atoms with Gasteiger partial charge in [0.15, 0.2) is 5.65 Å². The van der Waals surface area contributed by atoms with Crippen molar-refractivity contribution in [2.45, 2.75) is 0 Å². The maximum absolute atomic E-state index is 13.0. The number of hydrogen-bond acceptors (Lipinski definition) is 6. The van der Waals surface area contributed by atoms with Crippen LogP contribution in [0.4, 0.5) is 11.6 Å². The van der Waals surface area contributed by atoms with Crippen molar-refractivity contribution in [1.82, 2.24) is 14.5 Å². The van der Waals surface area contributed by atoms with Crippen molar-refractivity contribution < 1.29 is 9.47 Å². The summed E-state index contributed by atoms with van der Waals surface area (Å²) >= 11 is 0. The average molecular weight is 400 g/mol. The number of anilines is 2. The van der Waals surface area contributed by atoms with E-state index in [1.54, 1.807) is 32.6 Å². The number of fused-ring (bicyclic) bond motifs is 1. The van der Waals surface area contributed by atoms with E-state index in [1.807, 2.05) is 42.5 Å². The molecule has 0 fully saturated rings. The van der Waals surface area contributed by atoms with Crippen LogP contribution in [0.5, 0.6) is 11.5 Å². The van der Waals surface area contributed by atoms with Gasteiger partial charge >= 0.3 is 0 Å². The lowest BCUT2D eigenvalue weighted by atomic mass is 10.1. The van der Waals surface area contributed by atoms with Gasteiger partial charge in [-0.2, -0.15) is 4.98 Å². The van der Waals surface area contributed by atoms with Gasteiger partial charge in [0.25, 0.3) is 5.56 Å². The maximum atomic E-state index is 13.0. The second-order valence-corrected chi connectivity index (χ2v) is 6.44. The molecule has 0 atom stereocenters. The fourth-order valence-electron chi connectivity index (χ4n) is 3.22. The van der Waals surface area contributed by atoms with Crippen LogP contribution in [0.25, 0.3) is 22.8 Å². The van der Waals surface area contributed by atoms with Gasteiger partial charge in [0.1, 0.15) is 11.5 Å². The number of methoxy groups -OCH3 is 2. The number of para-hydroxylation sites is 2. The van der Waals surface area contributed by atoms with E-state index in [4.69, 9.17) is 9.47 Å². The highest BCUT2D eigenvalue weighted by Gasteiger charge is 2.13. The Kier molecular flexibility index (Phi) is 5.17. The van der Waals surface area contributed by atoms with Crippen LogP contribution in [0.1, 0.15) is 5.56 Å². The third-order valence-electron chi connectivity index (χ3n) is 4.68. The molecule has 0 spiro atoms. The molecule has 2 aromatic heterocycles. The Morgan fingerprint density at radius 2 is 1.90 bits per heavy atom. The molecular weight excluding hydrogens is 380 g/mol. The number of nitrogens with zero attached hydrogens (tertiary/aromatic N) is 3. The Hall–Kier alpha value is -4.13. The molecule has 4 aromatic rings. The van der Waals surface area contributed by atoms with Crippen LogP contribution in [0.3, 0.4) is 0 Å². The molecule has 30 heavy (non-hydrogen) atoms. The largest absolute Gasteiger partial charge is 0.497 e. The van der Waals surface area contributed by atoms with E-state index in [9.17, 15) is 4.79 Å². The number of aromatic nitrogens is 3. The van der Waals surface area contributed by atoms with Crippen LogP contribution < -0.4 is 20.3 Å². The number of ether oxygens (including phenoxy) is 2. The van der Waals surface area contributed by atoms with E-state index in [1.165, 1.54) is 10.6 Å². The van der Waals surface area contributed by atoms with Crippen molar-refractivity contribution in [3.63, 3.8) is 0 Å². The average Bonchev–Trinajstić information content (AvgIpc) is 2.78. The highest BCUT2D eigenvalue weighted by molar-refractivity contribution is 5.86. The fraction of sp³-hybridized carbons (Fsp3) is 0.0870. The molecule has 0 bridgehead atoms. The number of nitrogens with one attached hydrogen (secondary N) is 1. The molecule has 7 heteroatoms. The lowest BCUT2D eigenvalue weighted by Crippen LogP contribution is -2.20. The van der Waals surface area contributed by atoms with Gasteiger partial charge in [0.05, 0.1) is 25.6 Å². The van der Waals surface area contributed by atoms with E-state index in [0.717, 1.165) is 5.69 Å². The van der Waals surface area contributed by atoms with Gasteiger partial charge in [-0.3, -0.25) is 9.36 Å². The fourth-order valence-corrected chi connectivity index (χ4v) is 3.22. The van der Waals surface area contributed by atoms with Gasteiger partial charge in [-0.05, 0) is 29.8 Å². The molecule has 0 saturated heterocycles. The molecule has 7 nitrogen and oxygen atoms in total. The second-order valence-electron chi connectivity index (χ2n) is 6.44. The molecule has 150 valence electrons. The monoisotopic (exact) mass is 400 g/mol. The van der Waals surface area contributed by atoms with Crippen LogP contribution in [-0.4, -0.2) is 28.8 Å². The summed E-state index contributed by atoms with van der Waals surface area (Å²) < 4.78 is 12.2. The smallest absolute Gasteiger partial charge is 0.257 e. The normalized spacial score (nSPS) is 10.6. The lowest BCUT2D eigenvalue weighted by molar-refractivity contribution is 0.414. The summed E-state index contributed by atoms with van der Waals surface area (Å²) in [5, 5.41) is 3.87. The Morgan fingerprint density at radius 3 is 2.67 bits per heavy atom. The first-order valence-electron chi connectivity index (χ1n) is 9.24. The summed E-state index contributed by atoms with van der Waals surface area (Å²) in [6.07, 6.45) is 3.30. The third-order valence-corrected chi connectivity index (χ3v) is 4.68. The zero-order valence-electron chi connectivity index (χ0n) is 16.6. The molecule has 0 aliphatic carbocycles. The number of hydrogen-bond donors (Lipinski definition) is 1. The molecule has 4 rings (SSSR count). The van der Waals surface area contributed by atoms with E-state index in [0.29, 0.717) is 39.7 Å². The minimum absolute atomic E-state index is 0.229. The van der Waals surface area contributed by atoms with Crippen LogP contribution >= 0.6 is 0 Å². The van der Waals surface area contributed by atoms with Crippen LogP contribution in [0.15, 0.2) is 72.2 Å². The third kappa shape index (κ3) is 3.48. The van der Waals surface area contributed by atoms with Crippen molar-refractivity contribution >= 4 is 28.7 Å². The highest BCUT2D eigenvalue weighted by atomic mass is 16.5. The van der Waals surface area contributed by atoms with E-state index in [-0.39, 0.29) is 5.56 Å². The molecule has 0 aliphatic heterocycles. The standard InChI is InChI=1S/C23H20N4O3/c1-4-15-12-21(28)27(16-8-7-9-17(13-16)29-2)22-18(15)14-24-23(26-22)25-19-10-5-6-11-20(19)30-3/h4-14H,1H2,2-3H3,(H,24,25,26). The summed E-state index contributed by atoms with van der Waals surface area (Å²) in [5.74, 6) is 1.64. The van der Waals surface area contributed by atoms with Crippen LogP contribution in [-0.2, 0) is 0 Å².